The quantitative estimate of drug-likeness (QED) is 0.261. The lowest BCUT2D eigenvalue weighted by atomic mass is 10.0. The second-order valence-electron chi connectivity index (χ2n) is 10.8. The van der Waals surface area contributed by atoms with Gasteiger partial charge in [0.25, 0.3) is 23.3 Å². The van der Waals surface area contributed by atoms with Crippen molar-refractivity contribution in [1.82, 2.24) is 40.8 Å². The first-order chi connectivity index (χ1) is 21.7. The van der Waals surface area contributed by atoms with Gasteiger partial charge in [-0.05, 0) is 24.3 Å². The van der Waals surface area contributed by atoms with E-state index in [1.807, 2.05) is 44.2 Å². The van der Waals surface area contributed by atoms with Gasteiger partial charge in [-0.15, -0.1) is 22.7 Å². The number of aromatic amines is 1. The summed E-state index contributed by atoms with van der Waals surface area (Å²) in [5.41, 5.74) is 0.866. The van der Waals surface area contributed by atoms with Crippen LogP contribution in [0, 0.1) is 5.92 Å². The summed E-state index contributed by atoms with van der Waals surface area (Å²) < 4.78 is 0. The minimum atomic E-state index is -0.585. The number of rotatable bonds is 4. The van der Waals surface area contributed by atoms with Crippen LogP contribution in [0.15, 0.2) is 58.3 Å². The number of fused-ring (bicyclic) bond motifs is 4. The molecule has 2 atom stereocenters. The molecule has 4 bridgehead atoms. The van der Waals surface area contributed by atoms with Crippen LogP contribution in [0.5, 0.6) is 0 Å². The summed E-state index contributed by atoms with van der Waals surface area (Å²) in [5.74, 6) is -1.82. The Kier molecular flexibility index (Phi) is 10.1. The summed E-state index contributed by atoms with van der Waals surface area (Å²) in [6.07, 6.45) is 2.93. The van der Waals surface area contributed by atoms with Gasteiger partial charge in [0.15, 0.2) is 0 Å². The van der Waals surface area contributed by atoms with Crippen molar-refractivity contribution < 1.29 is 19.2 Å². The lowest BCUT2D eigenvalue weighted by Gasteiger charge is -2.24. The summed E-state index contributed by atoms with van der Waals surface area (Å²) >= 11 is 2.54. The van der Waals surface area contributed by atoms with Gasteiger partial charge in [0.05, 0.1) is 24.8 Å². The van der Waals surface area contributed by atoms with Crippen molar-refractivity contribution in [1.29, 1.82) is 0 Å². The van der Waals surface area contributed by atoms with Gasteiger partial charge in [0, 0.05) is 30.0 Å². The lowest BCUT2D eigenvalue weighted by Crippen LogP contribution is -2.43. The molecule has 0 saturated heterocycles. The summed E-state index contributed by atoms with van der Waals surface area (Å²) in [4.78, 5) is 81.3. The number of carbonyl (C=O) groups is 4. The first-order valence-electron chi connectivity index (χ1n) is 14.3. The zero-order chi connectivity index (χ0) is 31.9. The van der Waals surface area contributed by atoms with Crippen molar-refractivity contribution in [2.75, 3.05) is 19.6 Å². The van der Waals surface area contributed by atoms with E-state index < -0.39 is 41.3 Å². The van der Waals surface area contributed by atoms with E-state index in [4.69, 9.17) is 0 Å². The molecule has 0 aliphatic carbocycles. The van der Waals surface area contributed by atoms with E-state index in [-0.39, 0.29) is 42.6 Å². The van der Waals surface area contributed by atoms with Crippen LogP contribution in [-0.4, -0.2) is 68.1 Å². The van der Waals surface area contributed by atoms with Crippen molar-refractivity contribution in [3.8, 4) is 0 Å². The van der Waals surface area contributed by atoms with Crippen LogP contribution in [0.1, 0.15) is 79.4 Å². The molecule has 0 spiro atoms. The molecule has 13 nitrogen and oxygen atoms in total. The summed E-state index contributed by atoms with van der Waals surface area (Å²) in [6, 6.07) is 8.53. The molecule has 5 rings (SSSR count). The highest BCUT2D eigenvalue weighted by atomic mass is 32.1. The third kappa shape index (κ3) is 8.05. The normalized spacial score (nSPS) is 18.3. The van der Waals surface area contributed by atoms with Gasteiger partial charge in [-0.25, -0.2) is 15.0 Å². The molecule has 1 aliphatic heterocycles. The van der Waals surface area contributed by atoms with Crippen LogP contribution in [-0.2, 0) is 11.2 Å². The maximum atomic E-state index is 13.5. The van der Waals surface area contributed by atoms with E-state index in [0.29, 0.717) is 22.9 Å². The Labute approximate surface area is 266 Å². The Morgan fingerprint density at radius 3 is 2.40 bits per heavy atom. The van der Waals surface area contributed by atoms with Crippen LogP contribution in [0.25, 0.3) is 0 Å². The van der Waals surface area contributed by atoms with Gasteiger partial charge in [0.2, 0.25) is 5.91 Å². The molecule has 4 heterocycles. The second-order valence-corrected chi connectivity index (χ2v) is 12.6. The molecule has 0 saturated carbocycles. The van der Waals surface area contributed by atoms with Crippen molar-refractivity contribution in [2.45, 2.75) is 38.8 Å². The third-order valence-corrected chi connectivity index (χ3v) is 8.93. The molecule has 1 aliphatic rings. The maximum Gasteiger partial charge on any atom is 0.274 e. The Balaban J connectivity index is 1.47. The van der Waals surface area contributed by atoms with Gasteiger partial charge in [-0.3, -0.25) is 24.0 Å². The number of aromatic nitrogens is 4. The molecule has 4 N–H and O–H groups in total. The zero-order valence-electron chi connectivity index (χ0n) is 24.6. The van der Waals surface area contributed by atoms with Crippen molar-refractivity contribution in [3.63, 3.8) is 0 Å². The monoisotopic (exact) mass is 648 g/mol. The fourth-order valence-corrected chi connectivity index (χ4v) is 6.59. The van der Waals surface area contributed by atoms with Crippen LogP contribution in [0.2, 0.25) is 0 Å². The van der Waals surface area contributed by atoms with Crippen LogP contribution >= 0.6 is 22.7 Å². The Bertz CT molecular complexity index is 1710. The fourth-order valence-electron chi connectivity index (χ4n) is 4.71. The van der Waals surface area contributed by atoms with Crippen molar-refractivity contribution in [2.24, 2.45) is 5.92 Å². The first kappa shape index (κ1) is 31.7. The number of nitrogens with zero attached hydrogens (tertiary/aromatic N) is 4. The lowest BCUT2D eigenvalue weighted by molar-refractivity contribution is -0.122. The average Bonchev–Trinajstić information content (AvgIpc) is 3.72. The summed E-state index contributed by atoms with van der Waals surface area (Å²) in [5, 5.41) is 13.2. The molecule has 234 valence electrons. The second kappa shape index (κ2) is 14.3. The van der Waals surface area contributed by atoms with Crippen LogP contribution < -0.4 is 21.5 Å². The van der Waals surface area contributed by atoms with Gasteiger partial charge in [0.1, 0.15) is 27.1 Å². The van der Waals surface area contributed by atoms with Crippen LogP contribution in [0.4, 0.5) is 0 Å². The topological polar surface area (TPSA) is 179 Å². The largest absolute Gasteiger partial charge is 0.351 e. The molecule has 15 heteroatoms. The molecule has 0 fully saturated rings. The first-order valence-corrected chi connectivity index (χ1v) is 16.1. The molecular weight excluding hydrogens is 617 g/mol. The number of hydrogen-bond acceptors (Lipinski definition) is 10. The Morgan fingerprint density at radius 1 is 0.978 bits per heavy atom. The predicted octanol–water partition coefficient (Wildman–Crippen LogP) is 2.49. The Hall–Kier alpha value is -4.76. The Morgan fingerprint density at radius 2 is 1.69 bits per heavy atom. The highest BCUT2D eigenvalue weighted by Gasteiger charge is 2.28. The van der Waals surface area contributed by atoms with E-state index in [9.17, 15) is 24.0 Å². The minimum absolute atomic E-state index is 0.0196. The number of carbonyl (C=O) groups excluding carboxylic acids is 4. The fraction of sp³-hybridized carbons (Fsp3) is 0.333. The van der Waals surface area contributed by atoms with Crippen LogP contribution in [0.3, 0.4) is 0 Å². The van der Waals surface area contributed by atoms with E-state index in [1.54, 1.807) is 10.8 Å². The number of hydrogen-bond donors (Lipinski definition) is 4. The highest BCUT2D eigenvalue weighted by molar-refractivity contribution is 7.10. The molecule has 4 amide bonds. The maximum absolute atomic E-state index is 13.5. The van der Waals surface area contributed by atoms with Crippen molar-refractivity contribution in [3.05, 3.63) is 96.5 Å². The molecule has 45 heavy (non-hydrogen) atoms. The SMILES string of the molecule is CC(C)[C@@H]1NC(=O)c2csc(n2)[C@H](Cc2ccccc2)NC(=O)CN(C(=O)c2c[nH]c(=O)cn2)CCCNC(=O)c2csc1n2. The number of thiazole rings is 2. The van der Waals surface area contributed by atoms with E-state index >= 15 is 0 Å². The van der Waals surface area contributed by atoms with Gasteiger partial charge >= 0.3 is 0 Å². The molecular formula is C30H32N8O5S2. The molecule has 4 aromatic rings. The van der Waals surface area contributed by atoms with Gasteiger partial charge in [-0.2, -0.15) is 0 Å². The molecule has 0 radical (unpaired) electrons. The number of nitrogens with one attached hydrogen (secondary N) is 4. The van der Waals surface area contributed by atoms with Gasteiger partial charge in [-0.1, -0.05) is 44.2 Å². The average molecular weight is 649 g/mol. The molecule has 1 aromatic carbocycles. The van der Waals surface area contributed by atoms with Gasteiger partial charge < -0.3 is 25.8 Å². The smallest absolute Gasteiger partial charge is 0.274 e. The zero-order valence-corrected chi connectivity index (χ0v) is 26.2. The minimum Gasteiger partial charge on any atom is -0.351 e. The van der Waals surface area contributed by atoms with E-state index in [1.165, 1.54) is 33.8 Å². The summed E-state index contributed by atoms with van der Waals surface area (Å²) in [6.45, 7) is 3.92. The number of benzene rings is 1. The van der Waals surface area contributed by atoms with Crippen molar-refractivity contribution >= 4 is 46.3 Å². The van der Waals surface area contributed by atoms with E-state index in [0.717, 1.165) is 11.8 Å². The van der Waals surface area contributed by atoms with E-state index in [2.05, 4.69) is 35.9 Å². The third-order valence-electron chi connectivity index (χ3n) is 7.05. The predicted molar refractivity (Wildman–Crippen MR) is 168 cm³/mol. The standard InChI is InChI=1S/C30H32N8O5S2/c1-17(2)25-29-36-21(15-45-29)26(41)31-9-6-10-38(30(43)20-12-33-23(39)13-32-20)14-24(40)34-19(11-18-7-4-3-5-8-18)28-35-22(16-44-28)27(42)37-25/h3-5,7-8,12-13,15-17,19,25H,6,9-11,14H2,1-2H3,(H,31,41)(H,33,39)(H,34,40)(H,37,42)/t19-,25-/m0/s1. The highest BCUT2D eigenvalue weighted by Crippen LogP contribution is 2.27. The molecule has 0 unspecified atom stereocenters. The summed E-state index contributed by atoms with van der Waals surface area (Å²) in [7, 11) is 0. The molecule has 3 aromatic heterocycles. The number of H-pyrrole nitrogens is 1. The number of amides is 4.